The number of nitrogens with zero attached hydrogens (tertiary/aromatic N) is 1. The van der Waals surface area contributed by atoms with E-state index >= 15 is 0 Å². The molecule has 120 valence electrons. The predicted octanol–water partition coefficient (Wildman–Crippen LogP) is 0.327. The van der Waals surface area contributed by atoms with Gasteiger partial charge in [-0.05, 0) is 25.2 Å². The molecule has 2 aliphatic rings. The summed E-state index contributed by atoms with van der Waals surface area (Å²) in [6.45, 7) is 1.41. The smallest absolute Gasteiger partial charge is 0.245 e. The molecule has 2 amide bonds. The van der Waals surface area contributed by atoms with Crippen LogP contribution in [0.25, 0.3) is 0 Å². The predicted molar refractivity (Wildman–Crippen MR) is 79.4 cm³/mol. The number of hydrogen-bond donors (Lipinski definition) is 1. The van der Waals surface area contributed by atoms with E-state index in [0.29, 0.717) is 6.42 Å². The van der Waals surface area contributed by atoms with E-state index in [4.69, 9.17) is 0 Å². The lowest BCUT2D eigenvalue weighted by Crippen LogP contribution is -2.53. The second kappa shape index (κ2) is 6.34. The molecule has 0 bridgehead atoms. The van der Waals surface area contributed by atoms with Crippen LogP contribution in [0.15, 0.2) is 0 Å². The summed E-state index contributed by atoms with van der Waals surface area (Å²) in [6, 6.07) is -0.779. The zero-order valence-electron chi connectivity index (χ0n) is 12.7. The van der Waals surface area contributed by atoms with Gasteiger partial charge >= 0.3 is 0 Å². The molecule has 0 spiro atoms. The van der Waals surface area contributed by atoms with Crippen molar-refractivity contribution in [3.05, 3.63) is 0 Å². The van der Waals surface area contributed by atoms with Gasteiger partial charge in [0, 0.05) is 20.0 Å². The first kappa shape index (κ1) is 16.3. The second-order valence-electron chi connectivity index (χ2n) is 6.23. The van der Waals surface area contributed by atoms with Gasteiger partial charge in [0.25, 0.3) is 0 Å². The van der Waals surface area contributed by atoms with Crippen LogP contribution in [0, 0.1) is 5.92 Å². The number of carbonyl (C=O) groups is 2. The topological polar surface area (TPSA) is 83.6 Å². The summed E-state index contributed by atoms with van der Waals surface area (Å²) in [5.74, 6) is -0.0234. The molecule has 6 nitrogen and oxygen atoms in total. The molecule has 1 heterocycles. The highest BCUT2D eigenvalue weighted by Gasteiger charge is 2.38. The van der Waals surface area contributed by atoms with E-state index in [2.05, 4.69) is 5.32 Å². The van der Waals surface area contributed by atoms with Crippen LogP contribution in [-0.2, 0) is 19.4 Å². The van der Waals surface area contributed by atoms with Gasteiger partial charge in [0.15, 0.2) is 9.84 Å². The molecule has 2 fully saturated rings. The van der Waals surface area contributed by atoms with Gasteiger partial charge in [0.2, 0.25) is 11.8 Å². The van der Waals surface area contributed by atoms with E-state index in [0.717, 1.165) is 25.7 Å². The number of carbonyl (C=O) groups excluding carboxylic acids is 2. The molecule has 1 N–H and O–H groups in total. The normalized spacial score (nSPS) is 26.5. The number of likely N-dealkylation sites (N-methyl/N-ethyl adjacent to an activating group) is 1. The van der Waals surface area contributed by atoms with E-state index in [-0.39, 0.29) is 35.3 Å². The van der Waals surface area contributed by atoms with Crippen LogP contribution in [0.1, 0.15) is 39.0 Å². The largest absolute Gasteiger partial charge is 0.344 e. The molecule has 1 aliphatic heterocycles. The molecule has 0 aromatic rings. The van der Waals surface area contributed by atoms with Crippen molar-refractivity contribution in [1.29, 1.82) is 0 Å². The van der Waals surface area contributed by atoms with Crippen molar-refractivity contribution >= 4 is 21.7 Å². The quantitative estimate of drug-likeness (QED) is 0.810. The molecule has 2 atom stereocenters. The molecule has 1 saturated carbocycles. The van der Waals surface area contributed by atoms with Gasteiger partial charge in [0.1, 0.15) is 6.04 Å². The lowest BCUT2D eigenvalue weighted by molar-refractivity contribution is -0.137. The maximum Gasteiger partial charge on any atom is 0.245 e. The Balaban J connectivity index is 2.08. The Kier molecular flexibility index (Phi) is 4.91. The van der Waals surface area contributed by atoms with Gasteiger partial charge in [0.05, 0.1) is 11.5 Å². The van der Waals surface area contributed by atoms with Crippen LogP contribution in [0.5, 0.6) is 0 Å². The second-order valence-corrected chi connectivity index (χ2v) is 8.46. The summed E-state index contributed by atoms with van der Waals surface area (Å²) in [5.41, 5.74) is 0. The molecule has 1 aliphatic carbocycles. The lowest BCUT2D eigenvalue weighted by Gasteiger charge is -2.31. The fraction of sp³-hybridized carbons (Fsp3) is 0.857. The molecule has 0 radical (unpaired) electrons. The van der Waals surface area contributed by atoms with Crippen molar-refractivity contribution in [2.45, 2.75) is 51.1 Å². The minimum Gasteiger partial charge on any atom is -0.344 e. The van der Waals surface area contributed by atoms with E-state index in [1.165, 1.54) is 11.8 Å². The monoisotopic (exact) mass is 316 g/mol. The van der Waals surface area contributed by atoms with Crippen LogP contribution >= 0.6 is 0 Å². The maximum atomic E-state index is 12.7. The van der Waals surface area contributed by atoms with Crippen molar-refractivity contribution in [3.8, 4) is 0 Å². The third kappa shape index (κ3) is 3.96. The molecule has 2 unspecified atom stereocenters. The third-order valence-electron chi connectivity index (χ3n) is 4.60. The zero-order valence-corrected chi connectivity index (χ0v) is 13.5. The van der Waals surface area contributed by atoms with Crippen LogP contribution in [0.4, 0.5) is 0 Å². The fourth-order valence-electron chi connectivity index (χ4n) is 3.37. The van der Waals surface area contributed by atoms with Gasteiger partial charge in [-0.15, -0.1) is 0 Å². The first-order chi connectivity index (χ1) is 9.80. The fourth-order valence-corrected chi connectivity index (χ4v) is 5.15. The lowest BCUT2D eigenvalue weighted by atomic mass is 9.96. The number of rotatable bonds is 4. The molecular formula is C14H24N2O4S. The standard InChI is InChI=1S/C14H24N2O4S/c1-10(17)15-13(11-5-3-4-6-11)14(18)16(2)12-7-8-21(19,20)9-12/h11-13H,3-9H2,1-2H3,(H,15,17). The van der Waals surface area contributed by atoms with Crippen molar-refractivity contribution in [3.63, 3.8) is 0 Å². The van der Waals surface area contributed by atoms with Crippen LogP contribution in [-0.4, -0.2) is 55.8 Å². The Morgan fingerprint density at radius 3 is 2.29 bits per heavy atom. The van der Waals surface area contributed by atoms with Crippen molar-refractivity contribution < 1.29 is 18.0 Å². The van der Waals surface area contributed by atoms with E-state index in [1.54, 1.807) is 7.05 Å². The molecule has 2 rings (SSSR count). The Hall–Kier alpha value is -1.11. The summed E-state index contributed by atoms with van der Waals surface area (Å²) in [5, 5.41) is 2.77. The molecular weight excluding hydrogens is 292 g/mol. The Bertz CT molecular complexity index is 511. The SMILES string of the molecule is CC(=O)NC(C(=O)N(C)C1CCS(=O)(=O)C1)C1CCCC1. The van der Waals surface area contributed by atoms with Crippen LogP contribution in [0.2, 0.25) is 0 Å². The summed E-state index contributed by atoms with van der Waals surface area (Å²) in [4.78, 5) is 25.6. The highest BCUT2D eigenvalue weighted by molar-refractivity contribution is 7.91. The number of sulfone groups is 1. The number of nitrogens with one attached hydrogen (secondary N) is 1. The van der Waals surface area contributed by atoms with E-state index in [9.17, 15) is 18.0 Å². The molecule has 0 aromatic carbocycles. The van der Waals surface area contributed by atoms with Gasteiger partial charge < -0.3 is 10.2 Å². The molecule has 0 aromatic heterocycles. The highest BCUT2D eigenvalue weighted by Crippen LogP contribution is 2.29. The summed E-state index contributed by atoms with van der Waals surface area (Å²) < 4.78 is 23.1. The van der Waals surface area contributed by atoms with E-state index < -0.39 is 15.9 Å². The molecule has 21 heavy (non-hydrogen) atoms. The van der Waals surface area contributed by atoms with Crippen LogP contribution < -0.4 is 5.32 Å². The third-order valence-corrected chi connectivity index (χ3v) is 6.35. The molecule has 7 heteroatoms. The van der Waals surface area contributed by atoms with E-state index in [1.807, 2.05) is 0 Å². The Labute approximate surface area is 126 Å². The van der Waals surface area contributed by atoms with Crippen molar-refractivity contribution in [1.82, 2.24) is 10.2 Å². The van der Waals surface area contributed by atoms with Gasteiger partial charge in [-0.1, -0.05) is 12.8 Å². The Morgan fingerprint density at radius 2 is 1.81 bits per heavy atom. The van der Waals surface area contributed by atoms with Gasteiger partial charge in [-0.2, -0.15) is 0 Å². The van der Waals surface area contributed by atoms with Gasteiger partial charge in [-0.3, -0.25) is 9.59 Å². The molecule has 1 saturated heterocycles. The first-order valence-electron chi connectivity index (χ1n) is 7.54. The first-order valence-corrected chi connectivity index (χ1v) is 9.36. The van der Waals surface area contributed by atoms with Crippen LogP contribution in [0.3, 0.4) is 0 Å². The zero-order chi connectivity index (χ0) is 15.6. The van der Waals surface area contributed by atoms with Crippen molar-refractivity contribution in [2.24, 2.45) is 5.92 Å². The minimum absolute atomic E-state index is 0.0344. The summed E-state index contributed by atoms with van der Waals surface area (Å²) in [6.07, 6.45) is 4.52. The highest BCUT2D eigenvalue weighted by atomic mass is 32.2. The maximum absolute atomic E-state index is 12.7. The van der Waals surface area contributed by atoms with Crippen molar-refractivity contribution in [2.75, 3.05) is 18.6 Å². The summed E-state index contributed by atoms with van der Waals surface area (Å²) >= 11 is 0. The average molecular weight is 316 g/mol. The summed E-state index contributed by atoms with van der Waals surface area (Å²) in [7, 11) is -1.37. The van der Waals surface area contributed by atoms with Gasteiger partial charge in [-0.25, -0.2) is 8.42 Å². The minimum atomic E-state index is -3.02. The number of hydrogen-bond acceptors (Lipinski definition) is 4. The Morgan fingerprint density at radius 1 is 1.19 bits per heavy atom. The number of amides is 2. The average Bonchev–Trinajstić information content (AvgIpc) is 3.03.